The van der Waals surface area contributed by atoms with E-state index in [1.807, 2.05) is 34.7 Å². The van der Waals surface area contributed by atoms with Crippen LogP contribution in [-0.2, 0) is 19.8 Å². The molecule has 0 saturated carbocycles. The molecule has 1 aromatic heterocycles. The van der Waals surface area contributed by atoms with Crippen LogP contribution in [0.3, 0.4) is 0 Å². The number of hydrogen-bond acceptors (Lipinski definition) is 4. The molecule has 1 atom stereocenters. The van der Waals surface area contributed by atoms with Gasteiger partial charge in [-0.05, 0) is 35.9 Å². The smallest absolute Gasteiger partial charge is 0.371 e. The lowest BCUT2D eigenvalue weighted by Gasteiger charge is -2.36. The van der Waals surface area contributed by atoms with E-state index in [2.05, 4.69) is 25.8 Å². The number of imidazole rings is 1. The van der Waals surface area contributed by atoms with E-state index < -0.39 is 18.0 Å². The summed E-state index contributed by atoms with van der Waals surface area (Å²) in [5, 5.41) is 10.9. The van der Waals surface area contributed by atoms with Crippen molar-refractivity contribution in [2.75, 3.05) is 26.2 Å². The fraction of sp³-hybridized carbons (Fsp3) is 0.381. The predicted octanol–water partition coefficient (Wildman–Crippen LogP) is 4.16. The second-order valence-electron chi connectivity index (χ2n) is 7.54. The highest BCUT2D eigenvalue weighted by molar-refractivity contribution is 9.10. The van der Waals surface area contributed by atoms with Gasteiger partial charge in [-0.3, -0.25) is 9.80 Å². The Morgan fingerprint density at radius 1 is 1.07 bits per heavy atom. The largest absolute Gasteiger partial charge is 0.416 e. The van der Waals surface area contributed by atoms with E-state index in [1.165, 1.54) is 12.1 Å². The Kier molecular flexibility index (Phi) is 5.89. The van der Waals surface area contributed by atoms with Crippen molar-refractivity contribution in [1.82, 2.24) is 19.4 Å². The number of aryl methyl sites for hydroxylation is 1. The number of nitrogens with zero attached hydrogens (tertiary/aromatic N) is 4. The minimum absolute atomic E-state index is 0.586. The van der Waals surface area contributed by atoms with Gasteiger partial charge in [-0.1, -0.05) is 28.1 Å². The number of piperazine rings is 1. The summed E-state index contributed by atoms with van der Waals surface area (Å²) in [6, 6.07) is 11.1. The van der Waals surface area contributed by atoms with E-state index in [0.717, 1.165) is 33.2 Å². The molecule has 1 aliphatic heterocycles. The van der Waals surface area contributed by atoms with E-state index in [1.54, 1.807) is 0 Å². The number of halogens is 4. The second kappa shape index (κ2) is 8.30. The van der Waals surface area contributed by atoms with Gasteiger partial charge < -0.3 is 9.67 Å². The molecule has 1 unspecified atom stereocenters. The van der Waals surface area contributed by atoms with Crippen molar-refractivity contribution in [3.05, 3.63) is 63.9 Å². The molecule has 1 N–H and O–H groups in total. The summed E-state index contributed by atoms with van der Waals surface area (Å²) >= 11 is 3.44. The Morgan fingerprint density at radius 2 is 1.73 bits per heavy atom. The Hall–Kier alpha value is -1.94. The highest BCUT2D eigenvalue weighted by Gasteiger charge is 2.30. The second-order valence-corrected chi connectivity index (χ2v) is 8.46. The molecule has 4 rings (SSSR count). The van der Waals surface area contributed by atoms with E-state index in [-0.39, 0.29) is 0 Å². The molecule has 3 aromatic rings. The van der Waals surface area contributed by atoms with Crippen LogP contribution in [0.5, 0.6) is 0 Å². The molecular formula is C21H22BrF3N4O. The molecule has 2 heterocycles. The lowest BCUT2D eigenvalue weighted by atomic mass is 10.1. The van der Waals surface area contributed by atoms with Crippen LogP contribution < -0.4 is 0 Å². The molecule has 160 valence electrons. The zero-order valence-corrected chi connectivity index (χ0v) is 18.0. The van der Waals surface area contributed by atoms with Gasteiger partial charge in [0.15, 0.2) is 12.1 Å². The fourth-order valence-electron chi connectivity index (χ4n) is 3.81. The Balaban J connectivity index is 1.38. The van der Waals surface area contributed by atoms with Gasteiger partial charge >= 0.3 is 6.18 Å². The first-order valence-electron chi connectivity index (χ1n) is 9.65. The van der Waals surface area contributed by atoms with Crippen molar-refractivity contribution >= 4 is 27.0 Å². The van der Waals surface area contributed by atoms with E-state index >= 15 is 0 Å². The van der Waals surface area contributed by atoms with Crippen LogP contribution in [0.4, 0.5) is 13.2 Å². The van der Waals surface area contributed by atoms with E-state index in [9.17, 15) is 18.3 Å². The average molecular weight is 483 g/mol. The van der Waals surface area contributed by atoms with Crippen molar-refractivity contribution in [3.63, 3.8) is 0 Å². The van der Waals surface area contributed by atoms with Crippen LogP contribution in [-0.4, -0.2) is 50.6 Å². The van der Waals surface area contributed by atoms with Crippen molar-refractivity contribution in [2.45, 2.75) is 18.9 Å². The van der Waals surface area contributed by atoms with Crippen molar-refractivity contribution < 1.29 is 18.3 Å². The monoisotopic (exact) mass is 482 g/mol. The van der Waals surface area contributed by atoms with Gasteiger partial charge in [0.2, 0.25) is 0 Å². The molecule has 0 aliphatic carbocycles. The standard InChI is InChI=1S/C21H22BrF3N4O/c1-27-18-7-6-16(22)12-17(18)26-19(27)20(30)29-10-8-28(9-11-29)13-14-2-4-15(5-3-14)21(23,24)25/h2-7,12,20,30H,8-11,13H2,1H3. The SMILES string of the molecule is Cn1c(C(O)N2CCN(Cc3ccc(C(F)(F)F)cc3)CC2)nc2cc(Br)ccc21. The van der Waals surface area contributed by atoms with Crippen molar-refractivity contribution in [2.24, 2.45) is 7.05 Å². The summed E-state index contributed by atoms with van der Waals surface area (Å²) in [5.41, 5.74) is 1.99. The first-order valence-corrected chi connectivity index (χ1v) is 10.4. The molecule has 9 heteroatoms. The zero-order chi connectivity index (χ0) is 21.5. The maximum absolute atomic E-state index is 12.7. The van der Waals surface area contributed by atoms with Gasteiger partial charge in [-0.25, -0.2) is 4.98 Å². The summed E-state index contributed by atoms with van der Waals surface area (Å²) in [5.74, 6) is 0.597. The van der Waals surface area contributed by atoms with Crippen LogP contribution in [0.15, 0.2) is 46.9 Å². The Morgan fingerprint density at radius 3 is 2.37 bits per heavy atom. The third-order valence-electron chi connectivity index (χ3n) is 5.55. The Labute approximate surface area is 180 Å². The van der Waals surface area contributed by atoms with Crippen LogP contribution >= 0.6 is 15.9 Å². The summed E-state index contributed by atoms with van der Waals surface area (Å²) < 4.78 is 41.0. The number of hydrogen-bond donors (Lipinski definition) is 1. The molecule has 1 aliphatic rings. The molecule has 5 nitrogen and oxygen atoms in total. The topological polar surface area (TPSA) is 44.5 Å². The molecule has 2 aromatic carbocycles. The van der Waals surface area contributed by atoms with Gasteiger partial charge in [0.1, 0.15) is 0 Å². The number of aliphatic hydroxyl groups excluding tert-OH is 1. The number of fused-ring (bicyclic) bond motifs is 1. The number of alkyl halides is 3. The van der Waals surface area contributed by atoms with Gasteiger partial charge in [0.25, 0.3) is 0 Å². The molecular weight excluding hydrogens is 461 g/mol. The predicted molar refractivity (Wildman–Crippen MR) is 112 cm³/mol. The highest BCUT2D eigenvalue weighted by Crippen LogP contribution is 2.29. The van der Waals surface area contributed by atoms with Gasteiger partial charge in [-0.2, -0.15) is 13.2 Å². The molecule has 30 heavy (non-hydrogen) atoms. The minimum Gasteiger partial charge on any atom is -0.371 e. The summed E-state index contributed by atoms with van der Waals surface area (Å²) in [7, 11) is 1.89. The highest BCUT2D eigenvalue weighted by atomic mass is 79.9. The first-order chi connectivity index (χ1) is 14.2. The number of aliphatic hydroxyl groups is 1. The minimum atomic E-state index is -4.31. The molecule has 1 fully saturated rings. The van der Waals surface area contributed by atoms with Crippen molar-refractivity contribution in [3.8, 4) is 0 Å². The van der Waals surface area contributed by atoms with Gasteiger partial charge in [0, 0.05) is 44.2 Å². The van der Waals surface area contributed by atoms with Crippen LogP contribution in [0.1, 0.15) is 23.2 Å². The normalized spacial score (nSPS) is 17.5. The third kappa shape index (κ3) is 4.39. The van der Waals surface area contributed by atoms with Crippen LogP contribution in [0.25, 0.3) is 11.0 Å². The number of aromatic nitrogens is 2. The summed E-state index contributed by atoms with van der Waals surface area (Å²) in [6.07, 6.45) is -5.12. The summed E-state index contributed by atoms with van der Waals surface area (Å²) in [6.45, 7) is 3.31. The first kappa shape index (κ1) is 21.3. The lowest BCUT2D eigenvalue weighted by Crippen LogP contribution is -2.47. The Bertz CT molecular complexity index is 1030. The maximum Gasteiger partial charge on any atom is 0.416 e. The van der Waals surface area contributed by atoms with E-state index in [4.69, 9.17) is 0 Å². The zero-order valence-electron chi connectivity index (χ0n) is 16.4. The molecule has 0 bridgehead atoms. The molecule has 0 spiro atoms. The van der Waals surface area contributed by atoms with Gasteiger partial charge in [0.05, 0.1) is 16.6 Å². The fourth-order valence-corrected chi connectivity index (χ4v) is 4.16. The lowest BCUT2D eigenvalue weighted by molar-refractivity contribution is -0.137. The van der Waals surface area contributed by atoms with Gasteiger partial charge in [-0.15, -0.1) is 0 Å². The van der Waals surface area contributed by atoms with Crippen LogP contribution in [0.2, 0.25) is 0 Å². The summed E-state index contributed by atoms with van der Waals surface area (Å²) in [4.78, 5) is 8.75. The van der Waals surface area contributed by atoms with E-state index in [0.29, 0.717) is 38.5 Å². The molecule has 0 amide bonds. The average Bonchev–Trinajstić information content (AvgIpc) is 3.03. The number of rotatable bonds is 4. The van der Waals surface area contributed by atoms with Crippen molar-refractivity contribution in [1.29, 1.82) is 0 Å². The number of benzene rings is 2. The molecule has 1 saturated heterocycles. The van der Waals surface area contributed by atoms with Crippen LogP contribution in [0, 0.1) is 0 Å². The quantitative estimate of drug-likeness (QED) is 0.606. The maximum atomic E-state index is 12.7. The third-order valence-corrected chi connectivity index (χ3v) is 6.04. The molecule has 0 radical (unpaired) electrons.